The van der Waals surface area contributed by atoms with E-state index in [-0.39, 0.29) is 22.0 Å². The number of rotatable bonds is 6. The highest BCUT2D eigenvalue weighted by Crippen LogP contribution is 2.45. The first-order chi connectivity index (χ1) is 7.33. The number of hydrogen-bond donors (Lipinski definition) is 0. The second-order valence-electron chi connectivity index (χ2n) is 7.60. The van der Waals surface area contributed by atoms with Gasteiger partial charge in [-0.2, -0.15) is 0 Å². The molecule has 0 N–H and O–H groups in total. The lowest BCUT2D eigenvalue weighted by Crippen LogP contribution is -2.52. The molecule has 0 bridgehead atoms. The molecule has 0 saturated carbocycles. The lowest BCUT2D eigenvalue weighted by Gasteiger charge is -2.51. The molecule has 0 unspecified atom stereocenters. The molecule has 0 amide bonds. The van der Waals surface area contributed by atoms with Gasteiger partial charge in [0, 0.05) is 0 Å². The van der Waals surface area contributed by atoms with E-state index in [2.05, 4.69) is 69.2 Å². The molecule has 104 valence electrons. The molecular weight excluding hydrogens is 208 g/mol. The van der Waals surface area contributed by atoms with Gasteiger partial charge < -0.3 is 4.74 Å². The second kappa shape index (κ2) is 4.91. The average molecular weight is 242 g/mol. The SMILES string of the molecule is CCC(C)(C)C(C)(C)OC(C)(C)C(C)(C)CC. The standard InChI is InChI=1S/C16H34O/c1-11-13(3,4)15(7,8)17-16(9,10)14(5,6)12-2/h11-12H2,1-10H3. The van der Waals surface area contributed by atoms with Gasteiger partial charge in [-0.05, 0) is 51.4 Å². The molecule has 17 heavy (non-hydrogen) atoms. The summed E-state index contributed by atoms with van der Waals surface area (Å²) in [6.45, 7) is 22.6. The van der Waals surface area contributed by atoms with Crippen LogP contribution in [0.1, 0.15) is 82.1 Å². The zero-order valence-electron chi connectivity index (χ0n) is 13.8. The van der Waals surface area contributed by atoms with Crippen LogP contribution in [0.25, 0.3) is 0 Å². The van der Waals surface area contributed by atoms with Crippen molar-refractivity contribution in [2.75, 3.05) is 0 Å². The fraction of sp³-hybridized carbons (Fsp3) is 1.00. The maximum atomic E-state index is 6.54. The van der Waals surface area contributed by atoms with E-state index in [1.54, 1.807) is 0 Å². The number of ether oxygens (including phenoxy) is 1. The monoisotopic (exact) mass is 242 g/mol. The van der Waals surface area contributed by atoms with Gasteiger partial charge in [0.15, 0.2) is 0 Å². The summed E-state index contributed by atoms with van der Waals surface area (Å²) in [5, 5.41) is 0. The molecule has 0 aromatic rings. The van der Waals surface area contributed by atoms with Crippen LogP contribution in [0.5, 0.6) is 0 Å². The molecule has 0 rings (SSSR count). The molecule has 0 radical (unpaired) electrons. The van der Waals surface area contributed by atoms with Crippen LogP contribution in [0.3, 0.4) is 0 Å². The summed E-state index contributed by atoms with van der Waals surface area (Å²) in [7, 11) is 0. The van der Waals surface area contributed by atoms with Gasteiger partial charge in [-0.3, -0.25) is 0 Å². The Morgan fingerprint density at radius 3 is 1.00 bits per heavy atom. The Labute approximate surface area is 109 Å². The van der Waals surface area contributed by atoms with Crippen molar-refractivity contribution in [2.45, 2.75) is 93.3 Å². The largest absolute Gasteiger partial charge is 0.369 e. The highest BCUT2D eigenvalue weighted by molar-refractivity contribution is 4.94. The van der Waals surface area contributed by atoms with Crippen molar-refractivity contribution in [3.8, 4) is 0 Å². The normalized spacial score (nSPS) is 15.2. The molecule has 1 heteroatoms. The minimum absolute atomic E-state index is 0.113. The lowest BCUT2D eigenvalue weighted by molar-refractivity contribution is -0.214. The van der Waals surface area contributed by atoms with Crippen molar-refractivity contribution < 1.29 is 4.74 Å². The summed E-state index contributed by atoms with van der Waals surface area (Å²) in [5.74, 6) is 0. The maximum absolute atomic E-state index is 6.54. The minimum atomic E-state index is -0.113. The summed E-state index contributed by atoms with van der Waals surface area (Å²) in [5.41, 5.74) is 0.150. The zero-order chi connectivity index (χ0) is 14.1. The van der Waals surface area contributed by atoms with Crippen LogP contribution in [0.15, 0.2) is 0 Å². The molecule has 0 saturated heterocycles. The number of hydrogen-bond acceptors (Lipinski definition) is 1. The van der Waals surface area contributed by atoms with Crippen LogP contribution in [-0.2, 0) is 4.74 Å². The molecule has 0 aliphatic heterocycles. The lowest BCUT2D eigenvalue weighted by atomic mass is 9.71. The Kier molecular flexibility index (Phi) is 4.90. The van der Waals surface area contributed by atoms with Crippen LogP contribution in [0.2, 0.25) is 0 Å². The molecule has 0 aliphatic rings. The minimum Gasteiger partial charge on any atom is -0.369 e. The molecule has 0 aliphatic carbocycles. The molecule has 0 aromatic heterocycles. The zero-order valence-corrected chi connectivity index (χ0v) is 13.8. The molecule has 0 atom stereocenters. The van der Waals surface area contributed by atoms with Gasteiger partial charge in [-0.15, -0.1) is 0 Å². The van der Waals surface area contributed by atoms with Crippen LogP contribution in [-0.4, -0.2) is 11.2 Å². The van der Waals surface area contributed by atoms with E-state index in [1.807, 2.05) is 0 Å². The fourth-order valence-electron chi connectivity index (χ4n) is 1.77. The van der Waals surface area contributed by atoms with Crippen LogP contribution in [0.4, 0.5) is 0 Å². The van der Waals surface area contributed by atoms with E-state index >= 15 is 0 Å². The van der Waals surface area contributed by atoms with E-state index in [9.17, 15) is 0 Å². The van der Waals surface area contributed by atoms with Gasteiger partial charge in [-0.1, -0.05) is 41.5 Å². The molecule has 0 fully saturated rings. The topological polar surface area (TPSA) is 9.23 Å². The Morgan fingerprint density at radius 2 is 0.824 bits per heavy atom. The fourth-order valence-corrected chi connectivity index (χ4v) is 1.77. The first-order valence-electron chi connectivity index (χ1n) is 7.03. The van der Waals surface area contributed by atoms with Crippen molar-refractivity contribution in [1.82, 2.24) is 0 Å². The van der Waals surface area contributed by atoms with Crippen molar-refractivity contribution in [3.63, 3.8) is 0 Å². The molecule has 1 nitrogen and oxygen atoms in total. The van der Waals surface area contributed by atoms with E-state index in [0.717, 1.165) is 12.8 Å². The van der Waals surface area contributed by atoms with E-state index in [1.165, 1.54) is 0 Å². The Bertz CT molecular complexity index is 220. The Balaban J connectivity index is 5.07. The molecule has 0 heterocycles. The quantitative estimate of drug-likeness (QED) is 0.603. The van der Waals surface area contributed by atoms with Gasteiger partial charge >= 0.3 is 0 Å². The molecule has 0 spiro atoms. The predicted molar refractivity (Wildman–Crippen MR) is 77.4 cm³/mol. The highest BCUT2D eigenvalue weighted by Gasteiger charge is 2.45. The van der Waals surface area contributed by atoms with E-state index < -0.39 is 0 Å². The first-order valence-corrected chi connectivity index (χ1v) is 7.03. The molecule has 0 aromatic carbocycles. The first kappa shape index (κ1) is 17.0. The third kappa shape index (κ3) is 3.47. The third-order valence-electron chi connectivity index (χ3n) is 5.54. The van der Waals surface area contributed by atoms with E-state index in [4.69, 9.17) is 4.74 Å². The summed E-state index contributed by atoms with van der Waals surface area (Å²) < 4.78 is 6.54. The summed E-state index contributed by atoms with van der Waals surface area (Å²) in [6, 6.07) is 0. The van der Waals surface area contributed by atoms with Gasteiger partial charge in [0.25, 0.3) is 0 Å². The third-order valence-corrected chi connectivity index (χ3v) is 5.54. The summed E-state index contributed by atoms with van der Waals surface area (Å²) >= 11 is 0. The second-order valence-corrected chi connectivity index (χ2v) is 7.60. The molecular formula is C16H34O. The smallest absolute Gasteiger partial charge is 0.0684 e. The Morgan fingerprint density at radius 1 is 0.588 bits per heavy atom. The van der Waals surface area contributed by atoms with Crippen LogP contribution >= 0.6 is 0 Å². The van der Waals surface area contributed by atoms with Crippen LogP contribution in [0, 0.1) is 10.8 Å². The van der Waals surface area contributed by atoms with Gasteiger partial charge in [0.2, 0.25) is 0 Å². The Hall–Kier alpha value is -0.0400. The van der Waals surface area contributed by atoms with Gasteiger partial charge in [0.1, 0.15) is 0 Å². The van der Waals surface area contributed by atoms with Gasteiger partial charge in [-0.25, -0.2) is 0 Å². The van der Waals surface area contributed by atoms with Crippen molar-refractivity contribution >= 4 is 0 Å². The van der Waals surface area contributed by atoms with Crippen LogP contribution < -0.4 is 0 Å². The maximum Gasteiger partial charge on any atom is 0.0684 e. The average Bonchev–Trinajstić information content (AvgIpc) is 2.15. The summed E-state index contributed by atoms with van der Waals surface area (Å²) in [4.78, 5) is 0. The van der Waals surface area contributed by atoms with Gasteiger partial charge in [0.05, 0.1) is 11.2 Å². The highest BCUT2D eigenvalue weighted by atomic mass is 16.5. The predicted octanol–water partition coefficient (Wildman–Crippen LogP) is 5.43. The summed E-state index contributed by atoms with van der Waals surface area (Å²) in [6.07, 6.45) is 2.26. The van der Waals surface area contributed by atoms with Crippen molar-refractivity contribution in [2.24, 2.45) is 10.8 Å². The van der Waals surface area contributed by atoms with Crippen molar-refractivity contribution in [3.05, 3.63) is 0 Å². The van der Waals surface area contributed by atoms with Crippen molar-refractivity contribution in [1.29, 1.82) is 0 Å². The van der Waals surface area contributed by atoms with E-state index in [0.29, 0.717) is 0 Å².